The van der Waals surface area contributed by atoms with Crippen LogP contribution in [-0.4, -0.2) is 48.8 Å². The van der Waals surface area contributed by atoms with Gasteiger partial charge in [0.1, 0.15) is 6.04 Å². The molecule has 0 bridgehead atoms. The Balaban J connectivity index is 3.26. The number of sulfonamides is 1. The van der Waals surface area contributed by atoms with Gasteiger partial charge >= 0.3 is 5.97 Å². The predicted octanol–water partition coefficient (Wildman–Crippen LogP) is 3.46. The SMILES string of the molecule is CCOC(=O)[C@@H](NS(=O)(=O)C(C)(C)C)[C@@H](CC[S@@](=O)(=NC)c1ccccc1)C(C)C. The third-order valence-electron chi connectivity index (χ3n) is 5.05. The standard InChI is InChI=1S/C21H36N2O5S2/c1-8-28-20(24)19(23-30(26,27)21(4,5)6)18(16(2)3)14-15-29(25,22-7)17-12-10-9-11-13-17/h9-13,16,18-19,23H,8,14-15H2,1-7H3/t18-,19-,29-/m0/s1. The number of hydrogen-bond donors (Lipinski definition) is 1. The van der Waals surface area contributed by atoms with Gasteiger partial charge < -0.3 is 4.74 Å². The molecule has 3 atom stereocenters. The summed E-state index contributed by atoms with van der Waals surface area (Å²) in [4.78, 5) is 13.3. The van der Waals surface area contributed by atoms with Crippen LogP contribution in [0, 0.1) is 11.8 Å². The van der Waals surface area contributed by atoms with Gasteiger partial charge in [-0.1, -0.05) is 32.0 Å². The zero-order chi connectivity index (χ0) is 23.2. The van der Waals surface area contributed by atoms with Crippen molar-refractivity contribution in [2.45, 2.75) is 63.6 Å². The number of hydrogen-bond acceptors (Lipinski definition) is 6. The quantitative estimate of drug-likeness (QED) is 0.539. The first kappa shape index (κ1) is 26.6. The fourth-order valence-electron chi connectivity index (χ4n) is 3.01. The molecule has 0 aliphatic heterocycles. The average Bonchev–Trinajstić information content (AvgIpc) is 2.66. The van der Waals surface area contributed by atoms with Crippen molar-refractivity contribution in [1.82, 2.24) is 4.72 Å². The van der Waals surface area contributed by atoms with Crippen molar-refractivity contribution in [2.75, 3.05) is 19.4 Å². The monoisotopic (exact) mass is 460 g/mol. The summed E-state index contributed by atoms with van der Waals surface area (Å²) in [6.45, 7) is 10.4. The first-order valence-corrected chi connectivity index (χ1v) is 13.3. The fourth-order valence-corrected chi connectivity index (χ4v) is 5.78. The number of carbonyl (C=O) groups is 1. The molecule has 0 radical (unpaired) electrons. The lowest BCUT2D eigenvalue weighted by molar-refractivity contribution is -0.147. The van der Waals surface area contributed by atoms with Gasteiger partial charge in [-0.15, -0.1) is 0 Å². The molecule has 172 valence electrons. The molecule has 0 heterocycles. The molecule has 0 aliphatic rings. The molecular weight excluding hydrogens is 424 g/mol. The highest BCUT2D eigenvalue weighted by Crippen LogP contribution is 2.26. The minimum atomic E-state index is -3.80. The van der Waals surface area contributed by atoms with E-state index in [9.17, 15) is 17.4 Å². The van der Waals surface area contributed by atoms with Crippen molar-refractivity contribution in [2.24, 2.45) is 16.2 Å². The number of esters is 1. The van der Waals surface area contributed by atoms with Gasteiger partial charge in [-0.3, -0.25) is 4.79 Å². The van der Waals surface area contributed by atoms with Gasteiger partial charge in [0.25, 0.3) is 0 Å². The van der Waals surface area contributed by atoms with E-state index in [0.29, 0.717) is 11.3 Å². The number of rotatable bonds is 10. The van der Waals surface area contributed by atoms with Crippen LogP contribution in [0.15, 0.2) is 39.6 Å². The predicted molar refractivity (Wildman–Crippen MR) is 121 cm³/mol. The van der Waals surface area contributed by atoms with Crippen molar-refractivity contribution < 1.29 is 22.2 Å². The molecule has 0 amide bonds. The summed E-state index contributed by atoms with van der Waals surface area (Å²) >= 11 is 0. The van der Waals surface area contributed by atoms with E-state index >= 15 is 0 Å². The Morgan fingerprint density at radius 3 is 2.13 bits per heavy atom. The second-order valence-corrected chi connectivity index (χ2v) is 13.5. The Kier molecular flexibility index (Phi) is 9.51. The Morgan fingerprint density at radius 1 is 1.13 bits per heavy atom. The minimum Gasteiger partial charge on any atom is -0.465 e. The molecular formula is C21H36N2O5S2. The van der Waals surface area contributed by atoms with Crippen LogP contribution in [0.5, 0.6) is 0 Å². The summed E-state index contributed by atoms with van der Waals surface area (Å²) in [7, 11) is -4.96. The molecule has 1 aromatic rings. The van der Waals surface area contributed by atoms with Crippen molar-refractivity contribution in [3.05, 3.63) is 30.3 Å². The van der Waals surface area contributed by atoms with E-state index in [2.05, 4.69) is 9.08 Å². The van der Waals surface area contributed by atoms with Crippen molar-refractivity contribution in [3.8, 4) is 0 Å². The molecule has 0 saturated heterocycles. The van der Waals surface area contributed by atoms with E-state index in [1.807, 2.05) is 19.9 Å². The molecule has 1 aromatic carbocycles. The number of ether oxygens (including phenoxy) is 1. The first-order chi connectivity index (χ1) is 13.8. The third-order valence-corrected chi connectivity index (χ3v) is 9.61. The lowest BCUT2D eigenvalue weighted by atomic mass is 9.86. The van der Waals surface area contributed by atoms with Gasteiger partial charge in [0.05, 0.1) is 21.1 Å². The largest absolute Gasteiger partial charge is 0.465 e. The highest BCUT2D eigenvalue weighted by atomic mass is 32.2. The molecule has 0 fully saturated rings. The molecule has 30 heavy (non-hydrogen) atoms. The van der Waals surface area contributed by atoms with E-state index in [-0.39, 0.29) is 18.3 Å². The topological polar surface area (TPSA) is 102 Å². The number of carbonyl (C=O) groups excluding carboxylic acids is 1. The average molecular weight is 461 g/mol. The second-order valence-electron chi connectivity index (χ2n) is 8.50. The molecule has 9 heteroatoms. The van der Waals surface area contributed by atoms with Crippen molar-refractivity contribution >= 4 is 25.7 Å². The summed E-state index contributed by atoms with van der Waals surface area (Å²) in [5.41, 5.74) is 0. The normalized spacial score (nSPS) is 16.5. The van der Waals surface area contributed by atoms with Crippen LogP contribution < -0.4 is 4.72 Å². The fraction of sp³-hybridized carbons (Fsp3) is 0.667. The zero-order valence-corrected chi connectivity index (χ0v) is 20.7. The molecule has 0 aliphatic carbocycles. The van der Waals surface area contributed by atoms with Crippen LogP contribution in [0.4, 0.5) is 0 Å². The van der Waals surface area contributed by atoms with E-state index < -0.39 is 42.4 Å². The molecule has 0 aromatic heterocycles. The smallest absolute Gasteiger partial charge is 0.324 e. The lowest BCUT2D eigenvalue weighted by Gasteiger charge is -2.32. The maximum absolute atomic E-state index is 13.4. The molecule has 1 rings (SSSR count). The Morgan fingerprint density at radius 2 is 1.70 bits per heavy atom. The molecule has 7 nitrogen and oxygen atoms in total. The summed E-state index contributed by atoms with van der Waals surface area (Å²) in [5, 5.41) is 0. The maximum atomic E-state index is 13.4. The Bertz CT molecular complexity index is 912. The van der Waals surface area contributed by atoms with Crippen LogP contribution in [-0.2, 0) is 29.3 Å². The Labute approximate surface area is 182 Å². The summed E-state index contributed by atoms with van der Waals surface area (Å²) < 4.78 is 49.8. The van der Waals surface area contributed by atoms with Crippen LogP contribution >= 0.6 is 0 Å². The van der Waals surface area contributed by atoms with Crippen molar-refractivity contribution in [3.63, 3.8) is 0 Å². The maximum Gasteiger partial charge on any atom is 0.324 e. The van der Waals surface area contributed by atoms with Crippen LogP contribution in [0.25, 0.3) is 0 Å². The van der Waals surface area contributed by atoms with Gasteiger partial charge in [-0.05, 0) is 58.1 Å². The second kappa shape index (κ2) is 10.7. The van der Waals surface area contributed by atoms with Gasteiger partial charge in [0.15, 0.2) is 0 Å². The summed E-state index contributed by atoms with van der Waals surface area (Å²) in [6, 6.07) is 7.92. The first-order valence-electron chi connectivity index (χ1n) is 10.2. The van der Waals surface area contributed by atoms with Crippen LogP contribution in [0.2, 0.25) is 0 Å². The van der Waals surface area contributed by atoms with E-state index in [0.717, 1.165) is 0 Å². The Hall–Kier alpha value is -1.45. The van der Waals surface area contributed by atoms with Gasteiger partial charge in [0, 0.05) is 17.7 Å². The number of nitrogens with zero attached hydrogens (tertiary/aromatic N) is 1. The van der Waals surface area contributed by atoms with Crippen LogP contribution in [0.3, 0.4) is 0 Å². The summed E-state index contributed by atoms with van der Waals surface area (Å²) in [5.74, 6) is -0.877. The zero-order valence-electron chi connectivity index (χ0n) is 19.0. The van der Waals surface area contributed by atoms with Crippen LogP contribution in [0.1, 0.15) is 48.0 Å². The third kappa shape index (κ3) is 6.78. The van der Waals surface area contributed by atoms with Gasteiger partial charge in [-0.25, -0.2) is 21.7 Å². The van der Waals surface area contributed by atoms with E-state index in [4.69, 9.17) is 4.74 Å². The lowest BCUT2D eigenvalue weighted by Crippen LogP contribution is -2.53. The molecule has 1 N–H and O–H groups in total. The highest BCUT2D eigenvalue weighted by Gasteiger charge is 2.39. The minimum absolute atomic E-state index is 0.0571. The number of benzene rings is 1. The summed E-state index contributed by atoms with van der Waals surface area (Å²) in [6.07, 6.45) is 0.346. The van der Waals surface area contributed by atoms with E-state index in [1.54, 1.807) is 52.0 Å². The van der Waals surface area contributed by atoms with Crippen molar-refractivity contribution in [1.29, 1.82) is 0 Å². The highest BCUT2D eigenvalue weighted by molar-refractivity contribution is 7.93. The molecule has 0 unspecified atom stereocenters. The number of nitrogens with one attached hydrogen (secondary N) is 1. The van der Waals surface area contributed by atoms with E-state index in [1.165, 1.54) is 7.05 Å². The molecule has 0 spiro atoms. The molecule has 0 saturated carbocycles. The van der Waals surface area contributed by atoms with Gasteiger partial charge in [-0.2, -0.15) is 0 Å². The van der Waals surface area contributed by atoms with Gasteiger partial charge in [0.2, 0.25) is 10.0 Å².